The molecule has 5 nitrogen and oxygen atoms in total. The van der Waals surface area contributed by atoms with Gasteiger partial charge in [0, 0.05) is 30.3 Å². The number of anilines is 1. The Labute approximate surface area is 173 Å². The summed E-state index contributed by atoms with van der Waals surface area (Å²) in [7, 11) is 0. The molecule has 3 heterocycles. The lowest BCUT2D eigenvalue weighted by molar-refractivity contribution is 0.329. The number of hydrogen-bond acceptors (Lipinski definition) is 5. The van der Waals surface area contributed by atoms with Crippen molar-refractivity contribution in [2.75, 3.05) is 18.0 Å². The summed E-state index contributed by atoms with van der Waals surface area (Å²) in [5.41, 5.74) is 4.48. The number of halogens is 2. The first-order valence-corrected chi connectivity index (χ1v) is 10.6. The Morgan fingerprint density at radius 1 is 1.10 bits per heavy atom. The first-order valence-electron chi connectivity index (χ1n) is 10.2. The lowest BCUT2D eigenvalue weighted by Crippen LogP contribution is -2.33. The highest BCUT2D eigenvalue weighted by molar-refractivity contribution is 6.33. The summed E-state index contributed by atoms with van der Waals surface area (Å²) < 4.78 is 18.8. The smallest absolute Gasteiger partial charge is 0.230 e. The van der Waals surface area contributed by atoms with Crippen molar-refractivity contribution in [3.05, 3.63) is 58.5 Å². The Morgan fingerprint density at radius 3 is 2.76 bits per heavy atom. The largest absolute Gasteiger partial charge is 0.370 e. The molecule has 150 valence electrons. The van der Waals surface area contributed by atoms with E-state index in [2.05, 4.69) is 21.1 Å². The van der Waals surface area contributed by atoms with Crippen LogP contribution in [0.25, 0.3) is 11.4 Å². The van der Waals surface area contributed by atoms with Crippen molar-refractivity contribution < 1.29 is 8.91 Å². The van der Waals surface area contributed by atoms with Gasteiger partial charge in [-0.2, -0.15) is 4.98 Å². The summed E-state index contributed by atoms with van der Waals surface area (Å²) in [6.07, 6.45) is 8.66. The molecule has 0 bridgehead atoms. The third kappa shape index (κ3) is 3.73. The van der Waals surface area contributed by atoms with Gasteiger partial charge < -0.3 is 9.42 Å². The maximum absolute atomic E-state index is 13.3. The van der Waals surface area contributed by atoms with Crippen LogP contribution in [0.5, 0.6) is 0 Å². The molecule has 0 unspecified atom stereocenters. The molecule has 3 aromatic rings. The predicted molar refractivity (Wildman–Crippen MR) is 110 cm³/mol. The zero-order valence-electron chi connectivity index (χ0n) is 16.1. The summed E-state index contributed by atoms with van der Waals surface area (Å²) >= 11 is 6.12. The number of hydrogen-bond donors (Lipinski definition) is 0. The molecule has 7 heteroatoms. The second kappa shape index (κ2) is 7.75. The maximum Gasteiger partial charge on any atom is 0.230 e. The number of nitrogens with zero attached hydrogens (tertiary/aromatic N) is 4. The van der Waals surface area contributed by atoms with Gasteiger partial charge in [-0.15, -0.1) is 0 Å². The van der Waals surface area contributed by atoms with Gasteiger partial charge in [0.1, 0.15) is 5.82 Å². The summed E-state index contributed by atoms with van der Waals surface area (Å²) in [5, 5.41) is 4.35. The lowest BCUT2D eigenvalue weighted by atomic mass is 9.94. The highest BCUT2D eigenvalue weighted by atomic mass is 35.5. The van der Waals surface area contributed by atoms with Crippen molar-refractivity contribution in [2.24, 2.45) is 0 Å². The molecule has 2 aromatic heterocycles. The molecule has 0 atom stereocenters. The van der Waals surface area contributed by atoms with E-state index < -0.39 is 0 Å². The van der Waals surface area contributed by atoms with Crippen LogP contribution in [-0.4, -0.2) is 28.2 Å². The molecule has 2 aliphatic rings. The van der Waals surface area contributed by atoms with E-state index in [0.717, 1.165) is 38.8 Å². The molecule has 5 rings (SSSR count). The van der Waals surface area contributed by atoms with Crippen molar-refractivity contribution in [1.29, 1.82) is 0 Å². The lowest BCUT2D eigenvalue weighted by Gasteiger charge is -2.32. The average Bonchev–Trinajstić information content (AvgIpc) is 3.23. The fourth-order valence-electron chi connectivity index (χ4n) is 4.31. The van der Waals surface area contributed by atoms with Gasteiger partial charge in [-0.05, 0) is 68.4 Å². The fraction of sp³-hybridized carbons (Fsp3) is 0.409. The van der Waals surface area contributed by atoms with Crippen LogP contribution in [0.15, 0.2) is 35.0 Å². The molecule has 0 N–H and O–H groups in total. The molecule has 0 saturated carbocycles. The minimum absolute atomic E-state index is 0.220. The van der Waals surface area contributed by atoms with E-state index in [1.54, 1.807) is 6.07 Å². The number of aromatic nitrogens is 3. The summed E-state index contributed by atoms with van der Waals surface area (Å²) in [6.45, 7) is 1.86. The van der Waals surface area contributed by atoms with Gasteiger partial charge in [0.05, 0.1) is 16.9 Å². The van der Waals surface area contributed by atoms with Crippen LogP contribution in [0.1, 0.15) is 48.7 Å². The summed E-state index contributed by atoms with van der Waals surface area (Å²) in [6, 6.07) is 6.52. The summed E-state index contributed by atoms with van der Waals surface area (Å²) in [5.74, 6) is 0.874. The van der Waals surface area contributed by atoms with Crippen LogP contribution in [0.2, 0.25) is 5.02 Å². The molecule has 0 radical (unpaired) electrons. The minimum Gasteiger partial charge on any atom is -0.370 e. The normalized spacial score (nSPS) is 17.4. The first-order chi connectivity index (χ1) is 14.2. The Kier molecular flexibility index (Phi) is 4.96. The van der Waals surface area contributed by atoms with Crippen LogP contribution in [-0.2, 0) is 12.8 Å². The topological polar surface area (TPSA) is 55.1 Å². The molecule has 1 aromatic carbocycles. The molecular weight excluding hydrogens is 391 g/mol. The van der Waals surface area contributed by atoms with E-state index >= 15 is 0 Å². The summed E-state index contributed by atoms with van der Waals surface area (Å²) in [4.78, 5) is 11.6. The van der Waals surface area contributed by atoms with Gasteiger partial charge in [-0.3, -0.25) is 4.98 Å². The number of fused-ring (bicyclic) bond motifs is 1. The van der Waals surface area contributed by atoms with E-state index in [1.165, 1.54) is 41.9 Å². The standard InChI is InChI=1S/C22H22ClFN4O/c23-19-12-16(24)5-6-18(19)21-26-22(29-27-21)14-7-9-28(10-8-14)17-11-15-3-1-2-4-20(15)25-13-17/h5-6,11-14H,1-4,7-10H2. The van der Waals surface area contributed by atoms with Crippen molar-refractivity contribution in [3.8, 4) is 11.4 Å². The number of benzene rings is 1. The van der Waals surface area contributed by atoms with Crippen LogP contribution in [0.4, 0.5) is 10.1 Å². The second-order valence-electron chi connectivity index (χ2n) is 7.85. The molecule has 1 aliphatic carbocycles. The number of rotatable bonds is 3. The third-order valence-corrected chi connectivity index (χ3v) is 6.29. The van der Waals surface area contributed by atoms with E-state index in [9.17, 15) is 4.39 Å². The first kappa shape index (κ1) is 18.6. The Bertz CT molecular complexity index is 1030. The molecule has 1 aliphatic heterocycles. The minimum atomic E-state index is -0.383. The van der Waals surface area contributed by atoms with Gasteiger partial charge in [-0.25, -0.2) is 4.39 Å². The van der Waals surface area contributed by atoms with E-state index in [-0.39, 0.29) is 16.8 Å². The quantitative estimate of drug-likeness (QED) is 0.592. The Morgan fingerprint density at radius 2 is 1.93 bits per heavy atom. The van der Waals surface area contributed by atoms with Crippen molar-refractivity contribution in [2.45, 2.75) is 44.4 Å². The maximum atomic E-state index is 13.3. The second-order valence-corrected chi connectivity index (χ2v) is 8.26. The average molecular weight is 413 g/mol. The highest BCUT2D eigenvalue weighted by Crippen LogP contribution is 2.33. The SMILES string of the molecule is Fc1ccc(-c2noc(C3CCN(c4cnc5c(c4)CCCC5)CC3)n2)c(Cl)c1. The molecule has 1 saturated heterocycles. The van der Waals surface area contributed by atoms with Crippen molar-refractivity contribution in [1.82, 2.24) is 15.1 Å². The van der Waals surface area contributed by atoms with Gasteiger partial charge in [0.2, 0.25) is 11.7 Å². The molecule has 1 fully saturated rings. The van der Waals surface area contributed by atoms with E-state index in [0.29, 0.717) is 17.3 Å². The van der Waals surface area contributed by atoms with Crippen LogP contribution < -0.4 is 4.90 Å². The van der Waals surface area contributed by atoms with E-state index in [1.807, 2.05) is 6.20 Å². The van der Waals surface area contributed by atoms with Crippen LogP contribution in [0, 0.1) is 5.82 Å². The van der Waals surface area contributed by atoms with E-state index in [4.69, 9.17) is 21.1 Å². The molecule has 0 spiro atoms. The van der Waals surface area contributed by atoms with Crippen molar-refractivity contribution >= 4 is 17.3 Å². The fourth-order valence-corrected chi connectivity index (χ4v) is 4.57. The third-order valence-electron chi connectivity index (χ3n) is 5.98. The van der Waals surface area contributed by atoms with Crippen molar-refractivity contribution in [3.63, 3.8) is 0 Å². The zero-order chi connectivity index (χ0) is 19.8. The Hall–Kier alpha value is -2.47. The van der Waals surface area contributed by atoms with Gasteiger partial charge >= 0.3 is 0 Å². The molecule has 0 amide bonds. The number of piperidine rings is 1. The number of pyridine rings is 1. The number of aryl methyl sites for hydroxylation is 2. The molecular formula is C22H22ClFN4O. The zero-order valence-corrected chi connectivity index (χ0v) is 16.8. The molecule has 29 heavy (non-hydrogen) atoms. The van der Waals surface area contributed by atoms with Crippen LogP contribution in [0.3, 0.4) is 0 Å². The Balaban J connectivity index is 1.27. The van der Waals surface area contributed by atoms with Gasteiger partial charge in [0.15, 0.2) is 0 Å². The predicted octanol–water partition coefficient (Wildman–Crippen LogP) is 5.19. The van der Waals surface area contributed by atoms with Crippen LogP contribution >= 0.6 is 11.6 Å². The van der Waals surface area contributed by atoms with Gasteiger partial charge in [-0.1, -0.05) is 16.8 Å². The monoisotopic (exact) mass is 412 g/mol. The van der Waals surface area contributed by atoms with Gasteiger partial charge in [0.25, 0.3) is 0 Å². The highest BCUT2D eigenvalue weighted by Gasteiger charge is 2.26.